The molecule has 0 fully saturated rings. The normalized spacial score (nSPS) is 11.2. The third-order valence-electron chi connectivity index (χ3n) is 2.15. The molecule has 88 valence electrons. The van der Waals surface area contributed by atoms with E-state index in [0.717, 1.165) is 10.0 Å². The molecule has 0 saturated carbocycles. The molecule has 0 saturated heterocycles. The topological polar surface area (TPSA) is 49.3 Å². The molecular formula is C12H16BrNO2. The van der Waals surface area contributed by atoms with Crippen LogP contribution in [0.1, 0.15) is 19.4 Å². The van der Waals surface area contributed by atoms with Gasteiger partial charge in [-0.1, -0.05) is 28.1 Å². The number of carbonyl (C=O) groups is 1. The average Bonchev–Trinajstić information content (AvgIpc) is 2.21. The Morgan fingerprint density at radius 1 is 1.38 bits per heavy atom. The summed E-state index contributed by atoms with van der Waals surface area (Å²) in [6.45, 7) is 3.50. The molecule has 0 atom stereocenters. The third kappa shape index (κ3) is 4.33. The van der Waals surface area contributed by atoms with Crippen LogP contribution in [0.4, 0.5) is 0 Å². The summed E-state index contributed by atoms with van der Waals surface area (Å²) < 4.78 is 0.993. The minimum absolute atomic E-state index is 0.0704. The number of amides is 1. The Morgan fingerprint density at radius 2 is 1.94 bits per heavy atom. The number of nitrogens with one attached hydrogen (secondary N) is 1. The predicted molar refractivity (Wildman–Crippen MR) is 67.2 cm³/mol. The fourth-order valence-electron chi connectivity index (χ4n) is 1.25. The minimum Gasteiger partial charge on any atom is -0.394 e. The smallest absolute Gasteiger partial charge is 0.224 e. The van der Waals surface area contributed by atoms with Gasteiger partial charge in [0.1, 0.15) is 0 Å². The Labute approximate surface area is 104 Å². The molecule has 1 aromatic carbocycles. The molecule has 1 rings (SSSR count). The first-order valence-electron chi connectivity index (χ1n) is 5.09. The van der Waals surface area contributed by atoms with Crippen molar-refractivity contribution in [1.29, 1.82) is 0 Å². The van der Waals surface area contributed by atoms with E-state index in [1.165, 1.54) is 0 Å². The van der Waals surface area contributed by atoms with Crippen molar-refractivity contribution in [3.63, 3.8) is 0 Å². The van der Waals surface area contributed by atoms with Crippen molar-refractivity contribution in [2.45, 2.75) is 25.8 Å². The van der Waals surface area contributed by atoms with Crippen LogP contribution < -0.4 is 5.32 Å². The van der Waals surface area contributed by atoms with Crippen LogP contribution in [0, 0.1) is 0 Å². The van der Waals surface area contributed by atoms with E-state index in [1.54, 1.807) is 13.8 Å². The fraction of sp³-hybridized carbons (Fsp3) is 0.417. The summed E-state index contributed by atoms with van der Waals surface area (Å²) in [4.78, 5) is 11.6. The second-order valence-corrected chi connectivity index (χ2v) is 5.31. The van der Waals surface area contributed by atoms with Crippen LogP contribution >= 0.6 is 15.9 Å². The van der Waals surface area contributed by atoms with E-state index in [2.05, 4.69) is 21.2 Å². The quantitative estimate of drug-likeness (QED) is 0.888. The van der Waals surface area contributed by atoms with Crippen LogP contribution in [0.15, 0.2) is 28.7 Å². The van der Waals surface area contributed by atoms with Crippen molar-refractivity contribution in [3.05, 3.63) is 34.3 Å². The van der Waals surface area contributed by atoms with Gasteiger partial charge < -0.3 is 10.4 Å². The number of halogens is 1. The molecule has 0 unspecified atom stereocenters. The first kappa shape index (κ1) is 13.2. The van der Waals surface area contributed by atoms with Crippen molar-refractivity contribution >= 4 is 21.8 Å². The second-order valence-electron chi connectivity index (χ2n) is 4.39. The van der Waals surface area contributed by atoms with E-state index in [-0.39, 0.29) is 12.5 Å². The lowest BCUT2D eigenvalue weighted by molar-refractivity contribution is -0.122. The molecule has 0 aliphatic carbocycles. The summed E-state index contributed by atoms with van der Waals surface area (Å²) in [5.41, 5.74) is 0.390. The maximum atomic E-state index is 11.6. The summed E-state index contributed by atoms with van der Waals surface area (Å²) in [5.74, 6) is -0.0821. The first-order chi connectivity index (χ1) is 7.43. The van der Waals surface area contributed by atoms with Gasteiger partial charge in [-0.2, -0.15) is 0 Å². The summed E-state index contributed by atoms with van der Waals surface area (Å²) in [6, 6.07) is 7.60. The molecule has 16 heavy (non-hydrogen) atoms. The number of aliphatic hydroxyl groups is 1. The van der Waals surface area contributed by atoms with Crippen molar-refractivity contribution in [1.82, 2.24) is 5.32 Å². The van der Waals surface area contributed by atoms with E-state index >= 15 is 0 Å². The van der Waals surface area contributed by atoms with Crippen molar-refractivity contribution in [3.8, 4) is 0 Å². The van der Waals surface area contributed by atoms with Gasteiger partial charge in [-0.25, -0.2) is 0 Å². The van der Waals surface area contributed by atoms with Gasteiger partial charge in [-0.3, -0.25) is 4.79 Å². The third-order valence-corrected chi connectivity index (χ3v) is 2.68. The molecule has 0 heterocycles. The SMILES string of the molecule is CC(C)(CO)NC(=O)Cc1ccc(Br)cc1. The number of rotatable bonds is 4. The zero-order valence-corrected chi connectivity index (χ0v) is 11.0. The zero-order valence-electron chi connectivity index (χ0n) is 9.46. The number of hydrogen-bond donors (Lipinski definition) is 2. The first-order valence-corrected chi connectivity index (χ1v) is 5.88. The molecule has 0 bridgehead atoms. The summed E-state index contributed by atoms with van der Waals surface area (Å²) in [5, 5.41) is 11.8. The van der Waals surface area contributed by atoms with Crippen molar-refractivity contribution in [2.24, 2.45) is 0 Å². The highest BCUT2D eigenvalue weighted by molar-refractivity contribution is 9.10. The fourth-order valence-corrected chi connectivity index (χ4v) is 1.51. The second kappa shape index (κ2) is 5.46. The van der Waals surface area contributed by atoms with Crippen LogP contribution in [0.2, 0.25) is 0 Å². The van der Waals surface area contributed by atoms with Gasteiger partial charge in [-0.05, 0) is 31.5 Å². The highest BCUT2D eigenvalue weighted by Crippen LogP contribution is 2.11. The maximum Gasteiger partial charge on any atom is 0.224 e. The van der Waals surface area contributed by atoms with Gasteiger partial charge in [-0.15, -0.1) is 0 Å². The number of aliphatic hydroxyl groups excluding tert-OH is 1. The molecule has 1 amide bonds. The van der Waals surface area contributed by atoms with E-state index in [4.69, 9.17) is 5.11 Å². The molecule has 3 nitrogen and oxygen atoms in total. The van der Waals surface area contributed by atoms with E-state index in [0.29, 0.717) is 6.42 Å². The monoisotopic (exact) mass is 285 g/mol. The lowest BCUT2D eigenvalue weighted by Crippen LogP contribution is -2.46. The standard InChI is InChI=1S/C12H16BrNO2/c1-12(2,8-15)14-11(16)7-9-3-5-10(13)6-4-9/h3-6,15H,7-8H2,1-2H3,(H,14,16). The summed E-state index contributed by atoms with van der Waals surface area (Å²) in [7, 11) is 0. The molecule has 0 aliphatic rings. The lowest BCUT2D eigenvalue weighted by atomic mass is 10.1. The predicted octanol–water partition coefficient (Wildman–Crippen LogP) is 1.88. The summed E-state index contributed by atoms with van der Waals surface area (Å²) in [6.07, 6.45) is 0.330. The molecular weight excluding hydrogens is 270 g/mol. The highest BCUT2D eigenvalue weighted by atomic mass is 79.9. The zero-order chi connectivity index (χ0) is 12.2. The minimum atomic E-state index is -0.563. The van der Waals surface area contributed by atoms with Gasteiger partial charge in [0.05, 0.1) is 18.6 Å². The van der Waals surface area contributed by atoms with Crippen molar-refractivity contribution < 1.29 is 9.90 Å². The van der Waals surface area contributed by atoms with Crippen LogP contribution in [-0.4, -0.2) is 23.2 Å². The Hall–Kier alpha value is -0.870. The maximum absolute atomic E-state index is 11.6. The van der Waals surface area contributed by atoms with Gasteiger partial charge in [0, 0.05) is 4.47 Å². The highest BCUT2D eigenvalue weighted by Gasteiger charge is 2.18. The number of hydrogen-bond acceptors (Lipinski definition) is 2. The van der Waals surface area contributed by atoms with Crippen LogP contribution in [-0.2, 0) is 11.2 Å². The Bertz CT molecular complexity index is 360. The molecule has 0 aliphatic heterocycles. The van der Waals surface area contributed by atoms with Gasteiger partial charge in [0.15, 0.2) is 0 Å². The molecule has 4 heteroatoms. The van der Waals surface area contributed by atoms with Crippen molar-refractivity contribution in [2.75, 3.05) is 6.61 Å². The Kier molecular flexibility index (Phi) is 4.50. The van der Waals surface area contributed by atoms with Crippen LogP contribution in [0.3, 0.4) is 0 Å². The van der Waals surface area contributed by atoms with E-state index in [9.17, 15) is 4.79 Å². The van der Waals surface area contributed by atoms with Gasteiger partial charge in [0.25, 0.3) is 0 Å². The van der Waals surface area contributed by atoms with E-state index in [1.807, 2.05) is 24.3 Å². The number of carbonyl (C=O) groups excluding carboxylic acids is 1. The van der Waals surface area contributed by atoms with Gasteiger partial charge in [0.2, 0.25) is 5.91 Å². The Morgan fingerprint density at radius 3 is 2.44 bits per heavy atom. The van der Waals surface area contributed by atoms with E-state index < -0.39 is 5.54 Å². The lowest BCUT2D eigenvalue weighted by Gasteiger charge is -2.23. The van der Waals surface area contributed by atoms with Crippen LogP contribution in [0.5, 0.6) is 0 Å². The van der Waals surface area contributed by atoms with Gasteiger partial charge >= 0.3 is 0 Å². The average molecular weight is 286 g/mol. The van der Waals surface area contributed by atoms with Crippen LogP contribution in [0.25, 0.3) is 0 Å². The Balaban J connectivity index is 2.55. The molecule has 0 radical (unpaired) electrons. The largest absolute Gasteiger partial charge is 0.394 e. The molecule has 1 aromatic rings. The number of benzene rings is 1. The molecule has 0 aromatic heterocycles. The molecule has 2 N–H and O–H groups in total. The molecule has 0 spiro atoms. The summed E-state index contributed by atoms with van der Waals surface area (Å²) >= 11 is 3.34.